The van der Waals surface area contributed by atoms with Gasteiger partial charge in [-0.3, -0.25) is 4.79 Å². The molecule has 3 N–H and O–H groups in total. The number of fused-ring (bicyclic) bond motifs is 1. The van der Waals surface area contributed by atoms with E-state index < -0.39 is 0 Å². The van der Waals surface area contributed by atoms with Crippen molar-refractivity contribution in [2.24, 2.45) is 0 Å². The maximum atomic E-state index is 12.9. The summed E-state index contributed by atoms with van der Waals surface area (Å²) in [4.78, 5) is 25.7. The molecule has 0 aliphatic heterocycles. The van der Waals surface area contributed by atoms with Crippen molar-refractivity contribution in [2.45, 2.75) is 44.7 Å². The number of carbonyl (C=O) groups excluding carboxylic acids is 1. The lowest BCUT2D eigenvalue weighted by atomic mass is 10.0. The summed E-state index contributed by atoms with van der Waals surface area (Å²) in [5, 5.41) is 15.4. The first-order valence-corrected chi connectivity index (χ1v) is 10.9. The Balaban J connectivity index is 1.46. The number of para-hydroxylation sites is 1. The minimum Gasteiger partial charge on any atom is -0.373 e. The number of rotatable bonds is 8. The van der Waals surface area contributed by atoms with Gasteiger partial charge in [0, 0.05) is 48.7 Å². The zero-order valence-corrected chi connectivity index (χ0v) is 18.2. The molecule has 9 nitrogen and oxygen atoms in total. The van der Waals surface area contributed by atoms with E-state index in [1.54, 1.807) is 10.9 Å². The summed E-state index contributed by atoms with van der Waals surface area (Å²) < 4.78 is 1.54. The van der Waals surface area contributed by atoms with Gasteiger partial charge in [-0.2, -0.15) is 0 Å². The second-order valence-corrected chi connectivity index (χ2v) is 8.30. The Kier molecular flexibility index (Phi) is 5.30. The molecule has 3 aromatic heterocycles. The van der Waals surface area contributed by atoms with Crippen LogP contribution in [0.3, 0.4) is 0 Å². The van der Waals surface area contributed by atoms with E-state index in [1.165, 1.54) is 0 Å². The van der Waals surface area contributed by atoms with Gasteiger partial charge in [-0.05, 0) is 31.4 Å². The van der Waals surface area contributed by atoms with E-state index >= 15 is 0 Å². The molecule has 0 spiro atoms. The summed E-state index contributed by atoms with van der Waals surface area (Å²) in [6, 6.07) is 9.79. The molecule has 1 aliphatic rings. The Labute approximate surface area is 185 Å². The summed E-state index contributed by atoms with van der Waals surface area (Å²) in [5.41, 5.74) is 3.78. The number of aromatic nitrogens is 6. The first-order chi connectivity index (χ1) is 15.6. The summed E-state index contributed by atoms with van der Waals surface area (Å²) in [6.45, 7) is 1.95. The largest absolute Gasteiger partial charge is 0.373 e. The fourth-order valence-corrected chi connectivity index (χ4v) is 3.93. The maximum Gasteiger partial charge on any atom is 0.242 e. The minimum absolute atomic E-state index is 0.102. The normalized spacial score (nSPS) is 14.4. The van der Waals surface area contributed by atoms with Crippen LogP contribution >= 0.6 is 0 Å². The first-order valence-electron chi connectivity index (χ1n) is 10.9. The number of amides is 1. The number of hydrogen-bond donors (Lipinski definition) is 3. The number of nitrogens with zero attached hydrogens (tertiary/aromatic N) is 5. The van der Waals surface area contributed by atoms with Crippen LogP contribution in [0.2, 0.25) is 0 Å². The van der Waals surface area contributed by atoms with Crippen LogP contribution in [0.25, 0.3) is 10.9 Å². The van der Waals surface area contributed by atoms with Crippen molar-refractivity contribution in [3.8, 4) is 0 Å². The standard InChI is InChI=1S/C23H26N8O/c1-14-12-31(30-29-14)13-22(32)26-19(9-16-11-25-18-6-4-3-5-17(16)18)20-10-21(24-2)28-23(27-20)15-7-8-15/h3-6,10-12,15,19,25H,7-9,13H2,1-2H3,(H,26,32)(H,24,27,28). The first kappa shape index (κ1) is 20.2. The van der Waals surface area contributed by atoms with E-state index in [9.17, 15) is 4.79 Å². The lowest BCUT2D eigenvalue weighted by Crippen LogP contribution is -2.33. The zero-order valence-electron chi connectivity index (χ0n) is 18.2. The number of carbonyl (C=O) groups is 1. The Morgan fingerprint density at radius 3 is 2.88 bits per heavy atom. The lowest BCUT2D eigenvalue weighted by Gasteiger charge is -2.20. The Morgan fingerprint density at radius 1 is 1.28 bits per heavy atom. The van der Waals surface area contributed by atoms with Crippen molar-refractivity contribution in [3.05, 3.63) is 65.5 Å². The van der Waals surface area contributed by atoms with Gasteiger partial charge in [0.1, 0.15) is 18.2 Å². The van der Waals surface area contributed by atoms with Crippen LogP contribution in [0.15, 0.2) is 42.7 Å². The third-order valence-corrected chi connectivity index (χ3v) is 5.71. The van der Waals surface area contributed by atoms with Gasteiger partial charge in [-0.15, -0.1) is 5.10 Å². The molecule has 1 amide bonds. The molecule has 5 rings (SSSR count). The van der Waals surface area contributed by atoms with Crippen LogP contribution in [0.4, 0.5) is 5.82 Å². The molecule has 0 saturated heterocycles. The molecule has 1 unspecified atom stereocenters. The topological polar surface area (TPSA) is 113 Å². The summed E-state index contributed by atoms with van der Waals surface area (Å²) >= 11 is 0. The third-order valence-electron chi connectivity index (χ3n) is 5.71. The van der Waals surface area contributed by atoms with Crippen molar-refractivity contribution >= 4 is 22.6 Å². The molecule has 1 saturated carbocycles. The lowest BCUT2D eigenvalue weighted by molar-refractivity contribution is -0.122. The maximum absolute atomic E-state index is 12.9. The average Bonchev–Trinajstić information content (AvgIpc) is 3.47. The van der Waals surface area contributed by atoms with Crippen molar-refractivity contribution in [1.82, 2.24) is 35.3 Å². The van der Waals surface area contributed by atoms with E-state index in [-0.39, 0.29) is 18.5 Å². The second-order valence-electron chi connectivity index (χ2n) is 8.30. The summed E-state index contributed by atoms with van der Waals surface area (Å²) in [7, 11) is 1.85. The van der Waals surface area contributed by atoms with Crippen molar-refractivity contribution in [3.63, 3.8) is 0 Å². The predicted molar refractivity (Wildman–Crippen MR) is 121 cm³/mol. The van der Waals surface area contributed by atoms with Crippen LogP contribution in [-0.4, -0.2) is 42.9 Å². The van der Waals surface area contributed by atoms with Gasteiger partial charge >= 0.3 is 0 Å². The van der Waals surface area contributed by atoms with Crippen molar-refractivity contribution in [1.29, 1.82) is 0 Å². The molecular formula is C23H26N8O. The highest BCUT2D eigenvalue weighted by Gasteiger charge is 2.29. The van der Waals surface area contributed by atoms with E-state index in [0.717, 1.165) is 52.3 Å². The highest BCUT2D eigenvalue weighted by molar-refractivity contribution is 5.83. The van der Waals surface area contributed by atoms with Crippen LogP contribution in [0, 0.1) is 6.92 Å². The van der Waals surface area contributed by atoms with Crippen LogP contribution in [0.5, 0.6) is 0 Å². The van der Waals surface area contributed by atoms with Gasteiger partial charge in [0.25, 0.3) is 0 Å². The number of aryl methyl sites for hydroxylation is 1. The van der Waals surface area contributed by atoms with Gasteiger partial charge in [0.15, 0.2) is 0 Å². The highest BCUT2D eigenvalue weighted by atomic mass is 16.2. The summed E-state index contributed by atoms with van der Waals surface area (Å²) in [6.07, 6.45) is 6.59. The molecule has 1 fully saturated rings. The second kappa shape index (κ2) is 8.41. The molecule has 1 aromatic carbocycles. The fraction of sp³-hybridized carbons (Fsp3) is 0.348. The van der Waals surface area contributed by atoms with Crippen molar-refractivity contribution < 1.29 is 4.79 Å². The Bertz CT molecular complexity index is 1260. The number of benzene rings is 1. The molecule has 1 aliphatic carbocycles. The molecule has 9 heteroatoms. The van der Waals surface area contributed by atoms with E-state index in [0.29, 0.717) is 12.3 Å². The number of nitrogens with one attached hydrogen (secondary N) is 3. The molecule has 1 atom stereocenters. The Hall–Kier alpha value is -3.75. The quantitative estimate of drug-likeness (QED) is 0.396. The molecular weight excluding hydrogens is 404 g/mol. The van der Waals surface area contributed by atoms with Gasteiger partial charge in [0.05, 0.1) is 17.4 Å². The molecule has 3 heterocycles. The molecule has 4 aromatic rings. The molecule has 164 valence electrons. The number of aromatic amines is 1. The Morgan fingerprint density at radius 2 is 2.12 bits per heavy atom. The third kappa shape index (κ3) is 4.32. The van der Waals surface area contributed by atoms with Crippen molar-refractivity contribution in [2.75, 3.05) is 12.4 Å². The molecule has 32 heavy (non-hydrogen) atoms. The zero-order chi connectivity index (χ0) is 22.1. The van der Waals surface area contributed by atoms with E-state index in [1.807, 2.05) is 38.4 Å². The monoisotopic (exact) mass is 430 g/mol. The number of H-pyrrole nitrogens is 1. The molecule has 0 bridgehead atoms. The van der Waals surface area contributed by atoms with Crippen LogP contribution in [-0.2, 0) is 17.8 Å². The van der Waals surface area contributed by atoms with Gasteiger partial charge in [-0.1, -0.05) is 23.4 Å². The van der Waals surface area contributed by atoms with E-state index in [2.05, 4.69) is 43.0 Å². The van der Waals surface area contributed by atoms with Gasteiger partial charge < -0.3 is 15.6 Å². The van der Waals surface area contributed by atoms with E-state index in [4.69, 9.17) is 4.98 Å². The SMILES string of the molecule is CNc1cc(C(Cc2c[nH]c3ccccc23)NC(=O)Cn2cc(C)nn2)nc(C2CC2)n1. The van der Waals surface area contributed by atoms with Crippen LogP contribution in [0.1, 0.15) is 47.6 Å². The minimum atomic E-state index is -0.307. The van der Waals surface area contributed by atoms with Crippen LogP contribution < -0.4 is 10.6 Å². The predicted octanol–water partition coefficient (Wildman–Crippen LogP) is 2.88. The smallest absolute Gasteiger partial charge is 0.242 e. The number of anilines is 1. The van der Waals surface area contributed by atoms with Gasteiger partial charge in [-0.25, -0.2) is 14.6 Å². The van der Waals surface area contributed by atoms with Gasteiger partial charge in [0.2, 0.25) is 5.91 Å². The summed E-state index contributed by atoms with van der Waals surface area (Å²) in [5.74, 6) is 1.88. The average molecular weight is 431 g/mol. The fourth-order valence-electron chi connectivity index (χ4n) is 3.93. The number of hydrogen-bond acceptors (Lipinski definition) is 6. The highest BCUT2D eigenvalue weighted by Crippen LogP contribution is 2.39. The molecule has 0 radical (unpaired) electrons.